The fourth-order valence-electron chi connectivity index (χ4n) is 3.30. The Morgan fingerprint density at radius 2 is 1.55 bits per heavy atom. The van der Waals surface area contributed by atoms with Gasteiger partial charge in [0.1, 0.15) is 11.8 Å². The van der Waals surface area contributed by atoms with E-state index in [9.17, 15) is 9.59 Å². The third-order valence-electron chi connectivity index (χ3n) is 5.15. The lowest BCUT2D eigenvalue weighted by Crippen LogP contribution is -2.37. The molecular weight excluding hydrogens is 459 g/mol. The molecule has 0 saturated carbocycles. The summed E-state index contributed by atoms with van der Waals surface area (Å²) in [6.07, 6.45) is 0. The van der Waals surface area contributed by atoms with Crippen LogP contribution in [0, 0.1) is 0 Å². The van der Waals surface area contributed by atoms with Crippen LogP contribution in [0.4, 0.5) is 5.69 Å². The van der Waals surface area contributed by atoms with E-state index >= 15 is 0 Å². The summed E-state index contributed by atoms with van der Waals surface area (Å²) < 4.78 is 0. The lowest BCUT2D eigenvalue weighted by molar-refractivity contribution is -0.129. The van der Waals surface area contributed by atoms with E-state index in [1.54, 1.807) is 73.8 Å². The lowest BCUT2D eigenvalue weighted by Gasteiger charge is -2.21. The topological polar surface area (TPSA) is 96.6 Å². The number of anilines is 1. The highest BCUT2D eigenvalue weighted by Gasteiger charge is 2.29. The van der Waals surface area contributed by atoms with E-state index in [1.807, 2.05) is 13.0 Å². The van der Waals surface area contributed by atoms with Gasteiger partial charge in [-0.15, -0.1) is 0 Å². The summed E-state index contributed by atoms with van der Waals surface area (Å²) in [6.45, 7) is 1.82. The first-order valence-electron chi connectivity index (χ1n) is 10.2. The molecule has 0 saturated heterocycles. The number of halogens is 2. The number of nitrogens with two attached hydrogens (primary N) is 1. The van der Waals surface area contributed by atoms with E-state index in [1.165, 1.54) is 0 Å². The summed E-state index contributed by atoms with van der Waals surface area (Å²) >= 11 is 12.1. The molecule has 3 aromatic rings. The number of hydrogen-bond donors (Lipinski definition) is 3. The monoisotopic (exact) mass is 482 g/mol. The van der Waals surface area contributed by atoms with E-state index in [4.69, 9.17) is 28.9 Å². The Morgan fingerprint density at radius 1 is 0.879 bits per heavy atom. The molecule has 0 aliphatic heterocycles. The number of nitrogens with one attached hydrogen (secondary N) is 2. The largest absolute Gasteiger partial charge is 0.384 e. The predicted molar refractivity (Wildman–Crippen MR) is 134 cm³/mol. The van der Waals surface area contributed by atoms with Crippen molar-refractivity contribution in [2.24, 2.45) is 10.7 Å². The molecule has 3 aromatic carbocycles. The number of benzene rings is 3. The van der Waals surface area contributed by atoms with Crippen molar-refractivity contribution in [3.8, 4) is 0 Å². The van der Waals surface area contributed by atoms with Gasteiger partial charge >= 0.3 is 0 Å². The highest BCUT2D eigenvalue weighted by atomic mass is 35.5. The van der Waals surface area contributed by atoms with Gasteiger partial charge < -0.3 is 16.4 Å². The number of carbonyl (C=O) groups excluding carboxylic acids is 2. The minimum absolute atomic E-state index is 0.387. The molecule has 0 spiro atoms. The quantitative estimate of drug-likeness (QED) is 0.253. The van der Waals surface area contributed by atoms with Crippen molar-refractivity contribution in [2.45, 2.75) is 18.9 Å². The lowest BCUT2D eigenvalue weighted by atomic mass is 9.96. The molecule has 0 bridgehead atoms. The van der Waals surface area contributed by atoms with Crippen LogP contribution in [0.5, 0.6) is 0 Å². The molecule has 0 aromatic heterocycles. The minimum atomic E-state index is -1.06. The summed E-state index contributed by atoms with van der Waals surface area (Å²) in [7, 11) is 1.60. The molecule has 4 N–H and O–H groups in total. The van der Waals surface area contributed by atoms with Crippen molar-refractivity contribution in [2.75, 3.05) is 12.4 Å². The van der Waals surface area contributed by atoms with Crippen molar-refractivity contribution in [1.29, 1.82) is 0 Å². The molecule has 170 valence electrons. The molecule has 2 amide bonds. The molecule has 2 unspecified atom stereocenters. The van der Waals surface area contributed by atoms with Crippen LogP contribution in [0.25, 0.3) is 0 Å². The minimum Gasteiger partial charge on any atom is -0.384 e. The Balaban J connectivity index is 1.81. The summed E-state index contributed by atoms with van der Waals surface area (Å²) in [5.74, 6) is -1.55. The zero-order chi connectivity index (χ0) is 24.0. The fourth-order valence-corrected chi connectivity index (χ4v) is 3.60. The first-order valence-corrected chi connectivity index (χ1v) is 11.0. The van der Waals surface area contributed by atoms with Gasteiger partial charge in [-0.1, -0.05) is 59.6 Å². The molecule has 0 aliphatic rings. The second-order valence-electron chi connectivity index (χ2n) is 7.42. The fraction of sp³-hybridized carbons (Fsp3) is 0.160. The van der Waals surface area contributed by atoms with Crippen molar-refractivity contribution in [3.05, 3.63) is 99.5 Å². The molecule has 0 aliphatic carbocycles. The summed E-state index contributed by atoms with van der Waals surface area (Å²) in [5.41, 5.74) is 8.45. The van der Waals surface area contributed by atoms with E-state index in [0.29, 0.717) is 27.1 Å². The Labute approximate surface area is 202 Å². The number of hydrogen-bond acceptors (Lipinski definition) is 3. The Morgan fingerprint density at radius 3 is 2.15 bits per heavy atom. The van der Waals surface area contributed by atoms with Crippen molar-refractivity contribution in [1.82, 2.24) is 5.32 Å². The Kier molecular flexibility index (Phi) is 8.09. The summed E-state index contributed by atoms with van der Waals surface area (Å²) in [4.78, 5) is 30.4. The van der Waals surface area contributed by atoms with Gasteiger partial charge in [0.25, 0.3) is 0 Å². The van der Waals surface area contributed by atoms with Crippen LogP contribution < -0.4 is 16.4 Å². The maximum atomic E-state index is 13.2. The average Bonchev–Trinajstić information content (AvgIpc) is 2.81. The smallest absolute Gasteiger partial charge is 0.241 e. The van der Waals surface area contributed by atoms with E-state index < -0.39 is 17.7 Å². The summed E-state index contributed by atoms with van der Waals surface area (Å²) in [6, 6.07) is 20.6. The van der Waals surface area contributed by atoms with Crippen LogP contribution in [0.2, 0.25) is 10.0 Å². The normalized spacial score (nSPS) is 13.2. The molecule has 8 heteroatoms. The van der Waals surface area contributed by atoms with Gasteiger partial charge in [-0.25, -0.2) is 0 Å². The van der Waals surface area contributed by atoms with Crippen LogP contribution in [0.3, 0.4) is 0 Å². The first kappa shape index (κ1) is 24.3. The van der Waals surface area contributed by atoms with Crippen LogP contribution in [-0.4, -0.2) is 24.7 Å². The van der Waals surface area contributed by atoms with Crippen LogP contribution in [0.15, 0.2) is 77.8 Å². The van der Waals surface area contributed by atoms with Crippen molar-refractivity contribution >= 4 is 46.5 Å². The van der Waals surface area contributed by atoms with Crippen LogP contribution in [0.1, 0.15) is 35.6 Å². The summed E-state index contributed by atoms with van der Waals surface area (Å²) in [5, 5.41) is 6.54. The number of rotatable bonds is 7. The number of carbonyl (C=O) groups is 2. The second-order valence-corrected chi connectivity index (χ2v) is 8.24. The van der Waals surface area contributed by atoms with Gasteiger partial charge in [-0.05, 0) is 54.4 Å². The highest BCUT2D eigenvalue weighted by Crippen LogP contribution is 2.26. The van der Waals surface area contributed by atoms with Gasteiger partial charge in [-0.3, -0.25) is 14.6 Å². The van der Waals surface area contributed by atoms with E-state index in [0.717, 1.165) is 11.1 Å². The third kappa shape index (κ3) is 6.12. The zero-order valence-corrected chi connectivity index (χ0v) is 19.7. The molecule has 3 rings (SSSR count). The van der Waals surface area contributed by atoms with Gasteiger partial charge in [0.05, 0.1) is 16.1 Å². The Bertz CT molecular complexity index is 1160. The second kappa shape index (κ2) is 11.0. The number of nitrogens with zero attached hydrogens (tertiary/aromatic N) is 1. The molecule has 33 heavy (non-hydrogen) atoms. The SMILES string of the molecule is CN=C(N)c1ccc(NC(=O)C(C(=O)NC(C)c2ccc(Cl)c(Cl)c2)c2ccccc2)cc1. The van der Waals surface area contributed by atoms with Crippen LogP contribution >= 0.6 is 23.2 Å². The number of amidine groups is 1. The zero-order valence-electron chi connectivity index (χ0n) is 18.2. The van der Waals surface area contributed by atoms with Gasteiger partial charge in [0, 0.05) is 18.3 Å². The molecule has 0 heterocycles. The van der Waals surface area contributed by atoms with Crippen molar-refractivity contribution in [3.63, 3.8) is 0 Å². The Hall–Kier alpha value is -3.35. The average molecular weight is 483 g/mol. The molecule has 0 fully saturated rings. The molecule has 6 nitrogen and oxygen atoms in total. The van der Waals surface area contributed by atoms with Crippen molar-refractivity contribution < 1.29 is 9.59 Å². The maximum Gasteiger partial charge on any atom is 0.241 e. The molecular formula is C25H24Cl2N4O2. The van der Waals surface area contributed by atoms with Gasteiger partial charge in [0.2, 0.25) is 11.8 Å². The number of amides is 2. The van der Waals surface area contributed by atoms with Gasteiger partial charge in [0.15, 0.2) is 0 Å². The van der Waals surface area contributed by atoms with E-state index in [2.05, 4.69) is 15.6 Å². The number of aliphatic imine (C=N–C) groups is 1. The molecule has 0 radical (unpaired) electrons. The maximum absolute atomic E-state index is 13.2. The van der Waals surface area contributed by atoms with Gasteiger partial charge in [-0.2, -0.15) is 0 Å². The highest BCUT2D eigenvalue weighted by molar-refractivity contribution is 6.42. The first-order chi connectivity index (χ1) is 15.8. The third-order valence-corrected chi connectivity index (χ3v) is 5.89. The van der Waals surface area contributed by atoms with E-state index in [-0.39, 0.29) is 6.04 Å². The standard InChI is InChI=1S/C25H24Cl2N4O2/c1-15(18-10-13-20(26)21(27)14-18)30-24(32)22(16-6-4-3-5-7-16)25(33)31-19-11-8-17(9-12-19)23(28)29-2/h3-15,22H,1-2H3,(H2,28,29)(H,30,32)(H,31,33). The predicted octanol–water partition coefficient (Wildman–Crippen LogP) is 4.93. The van der Waals surface area contributed by atoms with Crippen LogP contribution in [-0.2, 0) is 9.59 Å². The molecule has 2 atom stereocenters.